The molecule has 0 saturated heterocycles. The predicted octanol–water partition coefficient (Wildman–Crippen LogP) is 0.686. The van der Waals surface area contributed by atoms with Crippen molar-refractivity contribution in [3.05, 3.63) is 0 Å². The monoisotopic (exact) mass is 142 g/mol. The lowest BCUT2D eigenvalue weighted by atomic mass is 10.2. The molecule has 0 unspecified atom stereocenters. The third kappa shape index (κ3) is 1.17. The van der Waals surface area contributed by atoms with Gasteiger partial charge < -0.3 is 5.11 Å². The van der Waals surface area contributed by atoms with Gasteiger partial charge in [0.1, 0.15) is 5.78 Å². The molecular weight excluding hydrogens is 132 g/mol. The van der Waals surface area contributed by atoms with Gasteiger partial charge in [-0.25, -0.2) is 0 Å². The highest BCUT2D eigenvalue weighted by atomic mass is 16.4. The molecule has 0 aromatic rings. The largest absolute Gasteiger partial charge is 0.481 e. The van der Waals surface area contributed by atoms with Crippen molar-refractivity contribution in [1.82, 2.24) is 0 Å². The molecule has 0 aromatic heterocycles. The predicted molar refractivity (Wildman–Crippen MR) is 34.5 cm³/mol. The zero-order valence-electron chi connectivity index (χ0n) is 5.83. The number of rotatable bonds is 3. The fourth-order valence-electron chi connectivity index (χ4n) is 1.09. The van der Waals surface area contributed by atoms with Gasteiger partial charge in [0, 0.05) is 12.3 Å². The molecule has 3 heteroatoms. The second-order valence-corrected chi connectivity index (χ2v) is 2.61. The number of carboxylic acids is 1. The summed E-state index contributed by atoms with van der Waals surface area (Å²) in [5.74, 6) is -1.27. The Morgan fingerprint density at radius 2 is 2.10 bits per heavy atom. The number of hydrogen-bond donors (Lipinski definition) is 1. The Bertz CT molecular complexity index is 174. The molecule has 1 saturated carbocycles. The van der Waals surface area contributed by atoms with Crippen molar-refractivity contribution in [3.63, 3.8) is 0 Å². The molecule has 1 rings (SSSR count). The van der Waals surface area contributed by atoms with Gasteiger partial charge in [0.15, 0.2) is 0 Å². The van der Waals surface area contributed by atoms with E-state index in [-0.39, 0.29) is 17.6 Å². The van der Waals surface area contributed by atoms with Crippen LogP contribution in [0.1, 0.15) is 19.8 Å². The summed E-state index contributed by atoms with van der Waals surface area (Å²) in [5, 5.41) is 8.42. The molecule has 0 spiro atoms. The van der Waals surface area contributed by atoms with Crippen LogP contribution in [0.2, 0.25) is 0 Å². The lowest BCUT2D eigenvalue weighted by Crippen LogP contribution is -2.06. The van der Waals surface area contributed by atoms with Crippen molar-refractivity contribution < 1.29 is 14.7 Å². The van der Waals surface area contributed by atoms with Crippen LogP contribution in [0.25, 0.3) is 0 Å². The van der Waals surface area contributed by atoms with Gasteiger partial charge in [-0.3, -0.25) is 9.59 Å². The molecule has 56 valence electrons. The van der Waals surface area contributed by atoms with E-state index in [9.17, 15) is 9.59 Å². The number of carboxylic acid groups (broad SMARTS) is 1. The van der Waals surface area contributed by atoms with Gasteiger partial charge in [0.25, 0.3) is 0 Å². The molecule has 2 atom stereocenters. The maximum absolute atomic E-state index is 10.8. The number of carbonyl (C=O) groups excluding carboxylic acids is 1. The first kappa shape index (κ1) is 7.25. The third-order valence-corrected chi connectivity index (χ3v) is 1.87. The standard InChI is InChI=1S/C7H10O3/c1-2-6(8)4-3-5(4)7(9)10/h4-5H,2-3H2,1H3,(H,9,10)/t4-,5-/m1/s1. The van der Waals surface area contributed by atoms with Gasteiger partial charge in [-0.05, 0) is 6.42 Å². The van der Waals surface area contributed by atoms with Crippen LogP contribution in [0.5, 0.6) is 0 Å². The van der Waals surface area contributed by atoms with E-state index in [0.29, 0.717) is 12.8 Å². The van der Waals surface area contributed by atoms with Crippen LogP contribution in [0.15, 0.2) is 0 Å². The van der Waals surface area contributed by atoms with E-state index in [1.165, 1.54) is 0 Å². The van der Waals surface area contributed by atoms with E-state index in [1.54, 1.807) is 6.92 Å². The quantitative estimate of drug-likeness (QED) is 0.630. The number of aliphatic carboxylic acids is 1. The van der Waals surface area contributed by atoms with Gasteiger partial charge in [-0.15, -0.1) is 0 Å². The average Bonchev–Trinajstić information content (AvgIpc) is 2.64. The number of hydrogen-bond acceptors (Lipinski definition) is 2. The molecule has 10 heavy (non-hydrogen) atoms. The first-order chi connectivity index (χ1) is 4.66. The Morgan fingerprint density at radius 3 is 2.40 bits per heavy atom. The summed E-state index contributed by atoms with van der Waals surface area (Å²) in [6.07, 6.45) is 1.02. The highest BCUT2D eigenvalue weighted by Gasteiger charge is 2.46. The summed E-state index contributed by atoms with van der Waals surface area (Å²) in [5.41, 5.74) is 0. The van der Waals surface area contributed by atoms with Crippen LogP contribution < -0.4 is 0 Å². The Labute approximate surface area is 59.0 Å². The van der Waals surface area contributed by atoms with Gasteiger partial charge in [-0.2, -0.15) is 0 Å². The fourth-order valence-corrected chi connectivity index (χ4v) is 1.09. The molecule has 0 radical (unpaired) electrons. The molecule has 1 fully saturated rings. The molecule has 0 heterocycles. The Balaban J connectivity index is 2.38. The van der Waals surface area contributed by atoms with Crippen molar-refractivity contribution in [3.8, 4) is 0 Å². The van der Waals surface area contributed by atoms with Gasteiger partial charge in [0.05, 0.1) is 5.92 Å². The van der Waals surface area contributed by atoms with Crippen LogP contribution in [-0.2, 0) is 9.59 Å². The molecule has 0 amide bonds. The van der Waals surface area contributed by atoms with Crippen molar-refractivity contribution in [2.24, 2.45) is 11.8 Å². The first-order valence-corrected chi connectivity index (χ1v) is 3.42. The Morgan fingerprint density at radius 1 is 1.50 bits per heavy atom. The molecule has 0 aromatic carbocycles. The minimum absolute atomic E-state index is 0.0902. The van der Waals surface area contributed by atoms with Crippen LogP contribution >= 0.6 is 0 Å². The van der Waals surface area contributed by atoms with Crippen LogP contribution in [-0.4, -0.2) is 16.9 Å². The maximum Gasteiger partial charge on any atom is 0.307 e. The molecule has 0 bridgehead atoms. The fraction of sp³-hybridized carbons (Fsp3) is 0.714. The van der Waals surface area contributed by atoms with Crippen molar-refractivity contribution in [2.75, 3.05) is 0 Å². The summed E-state index contributed by atoms with van der Waals surface area (Å²) in [4.78, 5) is 21.1. The zero-order chi connectivity index (χ0) is 7.72. The average molecular weight is 142 g/mol. The van der Waals surface area contributed by atoms with Gasteiger partial charge in [0.2, 0.25) is 0 Å². The minimum Gasteiger partial charge on any atom is -0.481 e. The van der Waals surface area contributed by atoms with E-state index in [0.717, 1.165) is 0 Å². The molecule has 1 aliphatic rings. The maximum atomic E-state index is 10.8. The summed E-state index contributed by atoms with van der Waals surface area (Å²) in [7, 11) is 0. The number of Topliss-reactive ketones (excluding diaryl/α,β-unsaturated/α-hetero) is 1. The van der Waals surface area contributed by atoms with Crippen LogP contribution in [0.4, 0.5) is 0 Å². The van der Waals surface area contributed by atoms with Crippen molar-refractivity contribution in [2.45, 2.75) is 19.8 Å². The molecule has 0 aliphatic heterocycles. The second-order valence-electron chi connectivity index (χ2n) is 2.61. The van der Waals surface area contributed by atoms with Crippen molar-refractivity contribution >= 4 is 11.8 Å². The summed E-state index contributed by atoms with van der Waals surface area (Å²) in [6.45, 7) is 1.76. The highest BCUT2D eigenvalue weighted by molar-refractivity contribution is 5.90. The molecule has 1 aliphatic carbocycles. The highest BCUT2D eigenvalue weighted by Crippen LogP contribution is 2.39. The van der Waals surface area contributed by atoms with E-state index in [1.807, 2.05) is 0 Å². The molecule has 1 N–H and O–H groups in total. The van der Waals surface area contributed by atoms with Gasteiger partial charge >= 0.3 is 5.97 Å². The lowest BCUT2D eigenvalue weighted by Gasteiger charge is -1.89. The second kappa shape index (κ2) is 2.40. The smallest absolute Gasteiger partial charge is 0.307 e. The normalized spacial score (nSPS) is 29.7. The van der Waals surface area contributed by atoms with E-state index < -0.39 is 5.97 Å². The summed E-state index contributed by atoms with van der Waals surface area (Å²) >= 11 is 0. The van der Waals surface area contributed by atoms with E-state index in [4.69, 9.17) is 5.11 Å². The van der Waals surface area contributed by atoms with Gasteiger partial charge in [-0.1, -0.05) is 6.92 Å². The Kier molecular flexibility index (Phi) is 1.74. The lowest BCUT2D eigenvalue weighted by molar-refractivity contribution is -0.140. The number of carbonyl (C=O) groups is 2. The topological polar surface area (TPSA) is 54.4 Å². The zero-order valence-corrected chi connectivity index (χ0v) is 5.83. The molecular formula is C7H10O3. The Hall–Kier alpha value is -0.860. The van der Waals surface area contributed by atoms with Crippen LogP contribution in [0, 0.1) is 11.8 Å². The van der Waals surface area contributed by atoms with Crippen LogP contribution in [0.3, 0.4) is 0 Å². The summed E-state index contributed by atoms with van der Waals surface area (Å²) in [6, 6.07) is 0. The third-order valence-electron chi connectivity index (χ3n) is 1.87. The van der Waals surface area contributed by atoms with Crippen molar-refractivity contribution in [1.29, 1.82) is 0 Å². The SMILES string of the molecule is CCC(=O)[C@@H]1C[C@H]1C(=O)O. The van der Waals surface area contributed by atoms with E-state index in [2.05, 4.69) is 0 Å². The van der Waals surface area contributed by atoms with E-state index >= 15 is 0 Å². The molecule has 3 nitrogen and oxygen atoms in total. The minimum atomic E-state index is -0.827. The number of ketones is 1. The summed E-state index contributed by atoms with van der Waals surface area (Å²) < 4.78 is 0. The first-order valence-electron chi connectivity index (χ1n) is 3.42.